The monoisotopic (exact) mass is 328 g/mol. The predicted octanol–water partition coefficient (Wildman–Crippen LogP) is 2.54. The van der Waals surface area contributed by atoms with Crippen molar-refractivity contribution in [2.24, 2.45) is 0 Å². The van der Waals surface area contributed by atoms with Crippen molar-refractivity contribution in [3.05, 3.63) is 60.7 Å². The van der Waals surface area contributed by atoms with Crippen LogP contribution in [0.25, 0.3) is 0 Å². The van der Waals surface area contributed by atoms with E-state index in [-0.39, 0.29) is 12.4 Å². The molecule has 1 fully saturated rings. The number of methoxy groups -OCH3 is 1. The van der Waals surface area contributed by atoms with E-state index in [9.17, 15) is 0 Å². The lowest BCUT2D eigenvalue weighted by Crippen LogP contribution is -2.59. The molecule has 0 aromatic heterocycles. The number of benzene rings is 2. The molecule has 0 saturated carbocycles. The number of ether oxygens (including phenoxy) is 2. The Kier molecular flexibility index (Phi) is 5.28. The van der Waals surface area contributed by atoms with Gasteiger partial charge in [0, 0.05) is 13.5 Å². The molecule has 122 valence electrons. The summed E-state index contributed by atoms with van der Waals surface area (Å²) in [6, 6.07) is 21.1. The van der Waals surface area contributed by atoms with Crippen LogP contribution in [0.5, 0.6) is 0 Å². The molecule has 1 saturated heterocycles. The van der Waals surface area contributed by atoms with Gasteiger partial charge in [-0.15, -0.1) is 0 Å². The largest absolute Gasteiger partial charge is 0.406 e. The lowest BCUT2D eigenvalue weighted by molar-refractivity contribution is -0.121. The van der Waals surface area contributed by atoms with Gasteiger partial charge in [0.2, 0.25) is 0 Å². The van der Waals surface area contributed by atoms with Gasteiger partial charge in [0.1, 0.15) is 0 Å². The molecule has 0 spiro atoms. The highest BCUT2D eigenvalue weighted by molar-refractivity contribution is 6.96. The van der Waals surface area contributed by atoms with Crippen LogP contribution in [0.2, 0.25) is 6.55 Å². The van der Waals surface area contributed by atoms with Gasteiger partial charge in [-0.3, -0.25) is 0 Å². The molecule has 3 rings (SSSR count). The molecule has 4 heteroatoms. The van der Waals surface area contributed by atoms with E-state index in [4.69, 9.17) is 13.9 Å². The summed E-state index contributed by atoms with van der Waals surface area (Å²) in [5, 5.41) is 2.57. The maximum absolute atomic E-state index is 6.54. The average Bonchev–Trinajstić information content (AvgIpc) is 3.09. The molecule has 2 unspecified atom stereocenters. The molecule has 3 nitrogen and oxygen atoms in total. The SMILES string of the molecule is COC1CCC(CO[Si](C)(c2ccccc2)c2ccccc2)O1. The minimum atomic E-state index is -2.22. The van der Waals surface area contributed by atoms with E-state index in [0.717, 1.165) is 12.8 Å². The first kappa shape index (κ1) is 16.4. The van der Waals surface area contributed by atoms with Gasteiger partial charge in [-0.05, 0) is 23.3 Å². The molecule has 2 aromatic carbocycles. The Morgan fingerprint density at radius 2 is 1.52 bits per heavy atom. The quantitative estimate of drug-likeness (QED) is 0.763. The van der Waals surface area contributed by atoms with Crippen LogP contribution in [0, 0.1) is 0 Å². The molecule has 23 heavy (non-hydrogen) atoms. The maximum atomic E-state index is 6.54. The van der Waals surface area contributed by atoms with Gasteiger partial charge in [0.25, 0.3) is 8.32 Å². The Labute approximate surface area is 139 Å². The third-order valence-electron chi connectivity index (χ3n) is 4.54. The number of hydrogen-bond acceptors (Lipinski definition) is 3. The van der Waals surface area contributed by atoms with Crippen molar-refractivity contribution in [3.63, 3.8) is 0 Å². The fourth-order valence-corrected chi connectivity index (χ4v) is 5.92. The summed E-state index contributed by atoms with van der Waals surface area (Å²) in [6.07, 6.45) is 1.98. The van der Waals surface area contributed by atoms with Crippen LogP contribution >= 0.6 is 0 Å². The van der Waals surface area contributed by atoms with Crippen LogP contribution < -0.4 is 10.4 Å². The van der Waals surface area contributed by atoms with E-state index in [1.165, 1.54) is 10.4 Å². The van der Waals surface area contributed by atoms with Crippen molar-refractivity contribution in [3.8, 4) is 0 Å². The zero-order valence-electron chi connectivity index (χ0n) is 13.8. The van der Waals surface area contributed by atoms with Gasteiger partial charge in [0.15, 0.2) is 6.29 Å². The smallest absolute Gasteiger partial charge is 0.252 e. The van der Waals surface area contributed by atoms with Crippen molar-refractivity contribution in [2.75, 3.05) is 13.7 Å². The van der Waals surface area contributed by atoms with Gasteiger partial charge in [-0.2, -0.15) is 0 Å². The van der Waals surface area contributed by atoms with Crippen molar-refractivity contribution >= 4 is 18.7 Å². The van der Waals surface area contributed by atoms with Crippen LogP contribution in [-0.4, -0.2) is 34.4 Å². The lowest BCUT2D eigenvalue weighted by Gasteiger charge is -2.29. The molecule has 1 aliphatic heterocycles. The molecule has 2 aromatic rings. The summed E-state index contributed by atoms with van der Waals surface area (Å²) in [6.45, 7) is 2.88. The molecule has 0 aliphatic carbocycles. The van der Waals surface area contributed by atoms with Crippen molar-refractivity contribution in [2.45, 2.75) is 31.8 Å². The second-order valence-corrected chi connectivity index (χ2v) is 9.59. The van der Waals surface area contributed by atoms with Gasteiger partial charge in [-0.25, -0.2) is 0 Å². The third kappa shape index (κ3) is 3.72. The van der Waals surface area contributed by atoms with E-state index >= 15 is 0 Å². The number of rotatable bonds is 6. The van der Waals surface area contributed by atoms with Crippen molar-refractivity contribution < 1.29 is 13.9 Å². The molecule has 0 bridgehead atoms. The summed E-state index contributed by atoms with van der Waals surface area (Å²) >= 11 is 0. The topological polar surface area (TPSA) is 27.7 Å². The predicted molar refractivity (Wildman–Crippen MR) is 94.6 cm³/mol. The third-order valence-corrected chi connectivity index (χ3v) is 8.15. The summed E-state index contributed by atoms with van der Waals surface area (Å²) in [5.41, 5.74) is 0. The van der Waals surface area contributed by atoms with Crippen LogP contribution in [0.3, 0.4) is 0 Å². The standard InChI is InChI=1S/C19H24O3Si/c1-20-19-14-13-16(22-19)15-21-23(2,17-9-5-3-6-10-17)18-11-7-4-8-12-18/h3-12,16,19H,13-15H2,1-2H3. The normalized spacial score (nSPS) is 21.5. The molecular weight excluding hydrogens is 304 g/mol. The Morgan fingerprint density at radius 3 is 2.00 bits per heavy atom. The van der Waals surface area contributed by atoms with Gasteiger partial charge in [0.05, 0.1) is 12.7 Å². The van der Waals surface area contributed by atoms with Crippen molar-refractivity contribution in [1.29, 1.82) is 0 Å². The molecule has 1 heterocycles. The average molecular weight is 328 g/mol. The highest BCUT2D eigenvalue weighted by Crippen LogP contribution is 2.21. The fraction of sp³-hybridized carbons (Fsp3) is 0.368. The Balaban J connectivity index is 1.79. The van der Waals surface area contributed by atoms with E-state index in [1.54, 1.807) is 7.11 Å². The van der Waals surface area contributed by atoms with E-state index in [1.807, 2.05) is 12.1 Å². The molecule has 0 amide bonds. The molecule has 0 radical (unpaired) electrons. The van der Waals surface area contributed by atoms with Crippen LogP contribution in [0.15, 0.2) is 60.7 Å². The first-order chi connectivity index (χ1) is 11.2. The minimum absolute atomic E-state index is 0.0787. The van der Waals surface area contributed by atoms with E-state index in [2.05, 4.69) is 55.1 Å². The van der Waals surface area contributed by atoms with Crippen LogP contribution in [0.4, 0.5) is 0 Å². The Hall–Kier alpha value is -1.46. The number of hydrogen-bond donors (Lipinski definition) is 0. The zero-order valence-corrected chi connectivity index (χ0v) is 14.8. The first-order valence-corrected chi connectivity index (χ1v) is 10.6. The summed E-state index contributed by atoms with van der Waals surface area (Å²) in [5.74, 6) is 0. The summed E-state index contributed by atoms with van der Waals surface area (Å²) in [4.78, 5) is 0. The second kappa shape index (κ2) is 7.40. The first-order valence-electron chi connectivity index (χ1n) is 8.15. The molecule has 1 aliphatic rings. The summed E-state index contributed by atoms with van der Waals surface area (Å²) in [7, 11) is -0.527. The van der Waals surface area contributed by atoms with Crippen LogP contribution in [0.1, 0.15) is 12.8 Å². The Morgan fingerprint density at radius 1 is 0.957 bits per heavy atom. The highest BCUT2D eigenvalue weighted by atomic mass is 28.4. The van der Waals surface area contributed by atoms with Gasteiger partial charge < -0.3 is 13.9 Å². The highest BCUT2D eigenvalue weighted by Gasteiger charge is 2.36. The fourth-order valence-electron chi connectivity index (χ4n) is 3.07. The summed E-state index contributed by atoms with van der Waals surface area (Å²) < 4.78 is 17.7. The van der Waals surface area contributed by atoms with Gasteiger partial charge >= 0.3 is 0 Å². The molecule has 0 N–H and O–H groups in total. The van der Waals surface area contributed by atoms with Crippen molar-refractivity contribution in [1.82, 2.24) is 0 Å². The maximum Gasteiger partial charge on any atom is 0.252 e. The molecular formula is C19H24O3Si. The van der Waals surface area contributed by atoms with Crippen LogP contribution in [-0.2, 0) is 13.9 Å². The second-order valence-electron chi connectivity index (χ2n) is 6.08. The lowest BCUT2D eigenvalue weighted by atomic mass is 10.2. The van der Waals surface area contributed by atoms with Gasteiger partial charge in [-0.1, -0.05) is 60.7 Å². The zero-order chi connectivity index (χ0) is 16.1. The molecule has 2 atom stereocenters. The van der Waals surface area contributed by atoms with E-state index < -0.39 is 8.32 Å². The minimum Gasteiger partial charge on any atom is -0.406 e. The Bertz CT molecular complexity index is 563. The van der Waals surface area contributed by atoms with E-state index in [0.29, 0.717) is 6.61 Å².